The van der Waals surface area contributed by atoms with Crippen molar-refractivity contribution in [1.29, 1.82) is 0 Å². The molecule has 1 aromatic heterocycles. The summed E-state index contributed by atoms with van der Waals surface area (Å²) in [5.41, 5.74) is 1.27. The Labute approximate surface area is 103 Å². The molecule has 1 atom stereocenters. The van der Waals surface area contributed by atoms with E-state index in [1.165, 1.54) is 5.56 Å². The van der Waals surface area contributed by atoms with Crippen molar-refractivity contribution in [3.05, 3.63) is 42.7 Å². The van der Waals surface area contributed by atoms with E-state index in [9.17, 15) is 0 Å². The van der Waals surface area contributed by atoms with Gasteiger partial charge in [0.25, 0.3) is 0 Å². The fourth-order valence-corrected chi connectivity index (χ4v) is 2.38. The first kappa shape index (κ1) is 12.3. The Morgan fingerprint density at radius 3 is 3.00 bits per heavy atom. The Balaban J connectivity index is 2.09. The first-order valence-corrected chi connectivity index (χ1v) is 6.23. The molecule has 0 aromatic carbocycles. The van der Waals surface area contributed by atoms with Crippen LogP contribution < -0.4 is 5.32 Å². The molecule has 0 spiro atoms. The van der Waals surface area contributed by atoms with Crippen molar-refractivity contribution in [3.8, 4) is 0 Å². The van der Waals surface area contributed by atoms with Crippen molar-refractivity contribution >= 4 is 0 Å². The molecule has 0 bridgehead atoms. The minimum atomic E-state index is 0.366. The van der Waals surface area contributed by atoms with Crippen LogP contribution in [0, 0.1) is 5.92 Å². The summed E-state index contributed by atoms with van der Waals surface area (Å²) in [6.45, 7) is 6.34. The monoisotopic (exact) mass is 232 g/mol. The highest BCUT2D eigenvalue weighted by Gasteiger charge is 2.24. The van der Waals surface area contributed by atoms with Crippen LogP contribution in [0.1, 0.15) is 24.4 Å². The van der Waals surface area contributed by atoms with E-state index < -0.39 is 0 Å². The van der Waals surface area contributed by atoms with Crippen molar-refractivity contribution in [1.82, 2.24) is 10.3 Å². The summed E-state index contributed by atoms with van der Waals surface area (Å²) in [4.78, 5) is 4.21. The van der Waals surface area contributed by atoms with E-state index in [1.54, 1.807) is 0 Å². The second-order valence-corrected chi connectivity index (χ2v) is 4.41. The predicted molar refractivity (Wildman–Crippen MR) is 68.7 cm³/mol. The van der Waals surface area contributed by atoms with E-state index in [2.05, 4.69) is 22.9 Å². The van der Waals surface area contributed by atoms with Gasteiger partial charge in [0.1, 0.15) is 0 Å². The molecule has 2 heterocycles. The van der Waals surface area contributed by atoms with E-state index in [-0.39, 0.29) is 0 Å². The molecule has 1 aliphatic rings. The van der Waals surface area contributed by atoms with Gasteiger partial charge in [-0.2, -0.15) is 0 Å². The lowest BCUT2D eigenvalue weighted by Gasteiger charge is -2.31. The molecule has 0 radical (unpaired) electrons. The van der Waals surface area contributed by atoms with Crippen LogP contribution in [-0.2, 0) is 4.74 Å². The number of ether oxygens (including phenoxy) is 1. The van der Waals surface area contributed by atoms with Gasteiger partial charge in [0.15, 0.2) is 0 Å². The van der Waals surface area contributed by atoms with Gasteiger partial charge in [0.05, 0.1) is 0 Å². The molecule has 0 saturated carbocycles. The van der Waals surface area contributed by atoms with Gasteiger partial charge in [0, 0.05) is 38.2 Å². The molecule has 17 heavy (non-hydrogen) atoms. The molecule has 3 nitrogen and oxygen atoms in total. The van der Waals surface area contributed by atoms with Crippen molar-refractivity contribution in [2.45, 2.75) is 18.9 Å². The van der Waals surface area contributed by atoms with Crippen LogP contribution in [0.4, 0.5) is 0 Å². The van der Waals surface area contributed by atoms with E-state index in [0.29, 0.717) is 12.0 Å². The van der Waals surface area contributed by atoms with Gasteiger partial charge in [-0.15, -0.1) is 6.58 Å². The molecule has 1 aromatic rings. The summed E-state index contributed by atoms with van der Waals surface area (Å²) >= 11 is 0. The summed E-state index contributed by atoms with van der Waals surface area (Å²) in [5, 5.41) is 3.54. The Bertz CT molecular complexity index is 333. The number of hydrogen-bond donors (Lipinski definition) is 1. The molecule has 92 valence electrons. The van der Waals surface area contributed by atoms with Gasteiger partial charge in [-0.05, 0) is 30.4 Å². The molecule has 3 heteroatoms. The van der Waals surface area contributed by atoms with Crippen LogP contribution in [0.3, 0.4) is 0 Å². The van der Waals surface area contributed by atoms with E-state index in [1.807, 2.05) is 24.5 Å². The predicted octanol–water partition coefficient (Wildman–Crippen LogP) is 2.32. The zero-order valence-corrected chi connectivity index (χ0v) is 10.1. The average Bonchev–Trinajstić information content (AvgIpc) is 2.42. The van der Waals surface area contributed by atoms with Gasteiger partial charge in [-0.1, -0.05) is 12.1 Å². The summed E-state index contributed by atoms with van der Waals surface area (Å²) in [5.74, 6) is 0.632. The third-order valence-electron chi connectivity index (χ3n) is 3.26. The number of nitrogens with one attached hydrogen (secondary N) is 1. The maximum absolute atomic E-state index is 5.43. The standard InChI is InChI=1S/C14H20N2O/c1-2-7-16-14(12-5-9-17-10-6-12)13-4-3-8-15-11-13/h2-4,8,11-12,14,16H,1,5-7,9-10H2. The molecular formula is C14H20N2O. The lowest BCUT2D eigenvalue weighted by molar-refractivity contribution is 0.0540. The first-order valence-electron chi connectivity index (χ1n) is 6.23. The topological polar surface area (TPSA) is 34.2 Å². The molecule has 1 fully saturated rings. The van der Waals surface area contributed by atoms with Crippen LogP contribution in [-0.4, -0.2) is 24.7 Å². The summed E-state index contributed by atoms with van der Waals surface area (Å²) < 4.78 is 5.43. The Hall–Kier alpha value is -1.19. The molecule has 0 aliphatic carbocycles. The maximum atomic E-state index is 5.43. The van der Waals surface area contributed by atoms with E-state index in [0.717, 1.165) is 32.6 Å². The maximum Gasteiger partial charge on any atom is 0.0469 e. The van der Waals surface area contributed by atoms with Crippen LogP contribution in [0.15, 0.2) is 37.2 Å². The van der Waals surface area contributed by atoms with Crippen LogP contribution >= 0.6 is 0 Å². The van der Waals surface area contributed by atoms with Crippen LogP contribution in [0.5, 0.6) is 0 Å². The van der Waals surface area contributed by atoms with Crippen molar-refractivity contribution in [2.24, 2.45) is 5.92 Å². The zero-order chi connectivity index (χ0) is 11.9. The van der Waals surface area contributed by atoms with Gasteiger partial charge < -0.3 is 10.1 Å². The molecule has 0 amide bonds. The Morgan fingerprint density at radius 2 is 2.35 bits per heavy atom. The van der Waals surface area contributed by atoms with Crippen LogP contribution in [0.25, 0.3) is 0 Å². The SMILES string of the molecule is C=CCNC(c1cccnc1)C1CCOCC1. The van der Waals surface area contributed by atoms with E-state index >= 15 is 0 Å². The third kappa shape index (κ3) is 3.38. The minimum absolute atomic E-state index is 0.366. The number of aromatic nitrogens is 1. The lowest BCUT2D eigenvalue weighted by Crippen LogP contribution is -2.32. The number of nitrogens with zero attached hydrogens (tertiary/aromatic N) is 1. The Morgan fingerprint density at radius 1 is 1.53 bits per heavy atom. The lowest BCUT2D eigenvalue weighted by atomic mass is 9.88. The highest BCUT2D eigenvalue weighted by Crippen LogP contribution is 2.29. The molecule has 2 rings (SSSR count). The molecular weight excluding hydrogens is 212 g/mol. The molecule has 1 aliphatic heterocycles. The second-order valence-electron chi connectivity index (χ2n) is 4.41. The second kappa shape index (κ2) is 6.52. The van der Waals surface area contributed by atoms with Gasteiger partial charge in [0.2, 0.25) is 0 Å². The van der Waals surface area contributed by atoms with Crippen molar-refractivity contribution < 1.29 is 4.74 Å². The normalized spacial score (nSPS) is 18.8. The molecule has 1 saturated heterocycles. The molecule has 1 unspecified atom stereocenters. The summed E-state index contributed by atoms with van der Waals surface area (Å²) in [7, 11) is 0. The summed E-state index contributed by atoms with van der Waals surface area (Å²) in [6.07, 6.45) is 7.91. The highest BCUT2D eigenvalue weighted by molar-refractivity contribution is 5.15. The number of pyridine rings is 1. The average molecular weight is 232 g/mol. The van der Waals surface area contributed by atoms with E-state index in [4.69, 9.17) is 4.74 Å². The largest absolute Gasteiger partial charge is 0.381 e. The van der Waals surface area contributed by atoms with Crippen molar-refractivity contribution in [2.75, 3.05) is 19.8 Å². The number of hydrogen-bond acceptors (Lipinski definition) is 3. The Kier molecular flexibility index (Phi) is 4.71. The fourth-order valence-electron chi connectivity index (χ4n) is 2.38. The molecule has 1 N–H and O–H groups in total. The quantitative estimate of drug-likeness (QED) is 0.791. The minimum Gasteiger partial charge on any atom is -0.381 e. The van der Waals surface area contributed by atoms with Crippen molar-refractivity contribution in [3.63, 3.8) is 0 Å². The first-order chi connectivity index (χ1) is 8.42. The third-order valence-corrected chi connectivity index (χ3v) is 3.26. The van der Waals surface area contributed by atoms with Gasteiger partial charge in [-0.25, -0.2) is 0 Å². The summed E-state index contributed by atoms with van der Waals surface area (Å²) in [6, 6.07) is 4.51. The zero-order valence-electron chi connectivity index (χ0n) is 10.1. The number of rotatable bonds is 5. The van der Waals surface area contributed by atoms with Gasteiger partial charge >= 0.3 is 0 Å². The fraction of sp³-hybridized carbons (Fsp3) is 0.500. The van der Waals surface area contributed by atoms with Gasteiger partial charge in [-0.3, -0.25) is 4.98 Å². The smallest absolute Gasteiger partial charge is 0.0469 e. The highest BCUT2D eigenvalue weighted by atomic mass is 16.5. The van der Waals surface area contributed by atoms with Crippen LogP contribution in [0.2, 0.25) is 0 Å².